The van der Waals surface area contributed by atoms with Gasteiger partial charge < -0.3 is 14.6 Å². The molecule has 5 unspecified atom stereocenters. The van der Waals surface area contributed by atoms with Gasteiger partial charge in [-0.25, -0.2) is 9.59 Å². The molecule has 4 saturated carbocycles. The van der Waals surface area contributed by atoms with Crippen LogP contribution in [0.2, 0.25) is 0 Å². The van der Waals surface area contributed by atoms with Crippen molar-refractivity contribution in [3.05, 3.63) is 24.3 Å². The van der Waals surface area contributed by atoms with Crippen molar-refractivity contribution in [3.63, 3.8) is 0 Å². The number of carbonyl (C=O) groups excluding carboxylic acids is 2. The molecule has 0 bridgehead atoms. The van der Waals surface area contributed by atoms with Crippen LogP contribution in [0.25, 0.3) is 0 Å². The second-order valence-electron chi connectivity index (χ2n) is 15.9. The van der Waals surface area contributed by atoms with Gasteiger partial charge in [-0.2, -0.15) is 0 Å². The van der Waals surface area contributed by atoms with Crippen LogP contribution in [0.4, 0.5) is 0 Å². The summed E-state index contributed by atoms with van der Waals surface area (Å²) in [6, 6.07) is 0. The van der Waals surface area contributed by atoms with E-state index in [9.17, 15) is 9.59 Å². The summed E-state index contributed by atoms with van der Waals surface area (Å²) in [6.45, 7) is 11.4. The topological polar surface area (TPSA) is 72.8 Å². The first-order valence-electron chi connectivity index (χ1n) is 19.1. The van der Waals surface area contributed by atoms with Crippen molar-refractivity contribution in [1.29, 1.82) is 0 Å². The highest BCUT2D eigenvalue weighted by Gasteiger charge is 2.39. The average Bonchev–Trinajstić information content (AvgIpc) is 3.06. The van der Waals surface area contributed by atoms with Crippen LogP contribution in [0.3, 0.4) is 0 Å². The highest BCUT2D eigenvalue weighted by atomic mass is 16.5. The minimum absolute atomic E-state index is 0.0672. The van der Waals surface area contributed by atoms with Crippen molar-refractivity contribution in [2.75, 3.05) is 19.8 Å². The maximum Gasteiger partial charge on any atom is 0.335 e. The molecular formula is C40H66O5. The molecule has 1 N–H and O–H groups in total. The average molecular weight is 627 g/mol. The Labute approximate surface area is 275 Å². The van der Waals surface area contributed by atoms with Crippen LogP contribution in [-0.4, -0.2) is 36.9 Å². The van der Waals surface area contributed by atoms with Gasteiger partial charge in [0.15, 0.2) is 0 Å². The van der Waals surface area contributed by atoms with Gasteiger partial charge in [0.2, 0.25) is 0 Å². The van der Waals surface area contributed by atoms with Crippen molar-refractivity contribution < 1.29 is 24.2 Å². The van der Waals surface area contributed by atoms with Gasteiger partial charge in [0.25, 0.3) is 0 Å². The predicted octanol–water partition coefficient (Wildman–Crippen LogP) is 9.62. The zero-order chi connectivity index (χ0) is 32.2. The summed E-state index contributed by atoms with van der Waals surface area (Å²) in [7, 11) is 0. The first-order chi connectivity index (χ1) is 21.8. The summed E-state index contributed by atoms with van der Waals surface area (Å²) in [4.78, 5) is 24.1. The monoisotopic (exact) mass is 626 g/mol. The lowest BCUT2D eigenvalue weighted by Gasteiger charge is -2.45. The van der Waals surface area contributed by atoms with Gasteiger partial charge >= 0.3 is 11.9 Å². The summed E-state index contributed by atoms with van der Waals surface area (Å²) in [5.74, 6) is 6.57. The molecule has 45 heavy (non-hydrogen) atoms. The molecule has 0 aliphatic heterocycles. The van der Waals surface area contributed by atoms with Crippen molar-refractivity contribution in [2.24, 2.45) is 53.3 Å². The van der Waals surface area contributed by atoms with E-state index in [1.54, 1.807) is 19.8 Å². The standard InChI is InChI=1S/C40H66O5/c1-5-6-7-8-30-13-18-37-25-36(20-19-35(37)24-30)33-14-9-31(10-15-33)23-32-11-16-34(17-12-32)38(27-45-39(42)28(2)3)21-22-44-40(43)29(4)26-41/h30-38,41H,2,4-27H2,1,3H3. The maximum absolute atomic E-state index is 12.1. The quantitative estimate of drug-likeness (QED) is 0.105. The molecule has 4 fully saturated rings. The maximum atomic E-state index is 12.1. The SMILES string of the molecule is C=C(C)C(=O)OCC(CCOC(=O)C(=C)CO)C1CCC(CC2CCC(C3CCC4CC(CCCCC)CCC4C3)CC2)CC1. The Kier molecular flexibility index (Phi) is 15.0. The number of unbranched alkanes of at least 4 members (excludes halogenated alkanes) is 2. The second kappa shape index (κ2) is 18.6. The molecular weight excluding hydrogens is 560 g/mol. The van der Waals surface area contributed by atoms with Gasteiger partial charge in [0, 0.05) is 5.57 Å². The lowest BCUT2D eigenvalue weighted by Crippen LogP contribution is -2.34. The molecule has 0 aromatic heterocycles. The first kappa shape index (κ1) is 36.2. The molecule has 0 radical (unpaired) electrons. The Morgan fingerprint density at radius 1 is 0.733 bits per heavy atom. The number of carbonyl (C=O) groups is 2. The molecule has 5 nitrogen and oxygen atoms in total. The summed E-state index contributed by atoms with van der Waals surface area (Å²) in [5.41, 5.74) is 0.475. The van der Waals surface area contributed by atoms with Crippen LogP contribution in [0.5, 0.6) is 0 Å². The summed E-state index contributed by atoms with van der Waals surface area (Å²) < 4.78 is 10.9. The third kappa shape index (κ3) is 11.2. The Bertz CT molecular complexity index is 940. The van der Waals surface area contributed by atoms with E-state index in [1.807, 2.05) is 0 Å². The molecule has 0 spiro atoms. The Morgan fingerprint density at radius 3 is 1.96 bits per heavy atom. The first-order valence-corrected chi connectivity index (χ1v) is 19.1. The van der Waals surface area contributed by atoms with Gasteiger partial charge in [0.1, 0.15) is 0 Å². The van der Waals surface area contributed by atoms with E-state index in [0.717, 1.165) is 54.3 Å². The van der Waals surface area contributed by atoms with E-state index >= 15 is 0 Å². The summed E-state index contributed by atoms with van der Waals surface area (Å²) in [6.07, 6.45) is 27.6. The van der Waals surface area contributed by atoms with E-state index in [0.29, 0.717) is 24.5 Å². The fourth-order valence-corrected chi connectivity index (χ4v) is 9.89. The molecule has 0 aromatic carbocycles. The van der Waals surface area contributed by atoms with Crippen LogP contribution >= 0.6 is 0 Å². The Hall–Kier alpha value is -1.62. The molecule has 256 valence electrons. The molecule has 0 aromatic rings. The lowest BCUT2D eigenvalue weighted by atomic mass is 9.60. The number of aliphatic hydroxyl groups excluding tert-OH is 1. The number of hydrogen-bond donors (Lipinski definition) is 1. The van der Waals surface area contributed by atoms with Crippen molar-refractivity contribution in [3.8, 4) is 0 Å². The minimum Gasteiger partial charge on any atom is -0.462 e. The number of esters is 2. The number of ether oxygens (including phenoxy) is 2. The van der Waals surface area contributed by atoms with Gasteiger partial charge in [-0.3, -0.25) is 0 Å². The number of hydrogen-bond acceptors (Lipinski definition) is 5. The summed E-state index contributed by atoms with van der Waals surface area (Å²) >= 11 is 0. The zero-order valence-corrected chi connectivity index (χ0v) is 29.0. The molecule has 4 rings (SSSR count). The van der Waals surface area contributed by atoms with E-state index in [1.165, 1.54) is 96.3 Å². The van der Waals surface area contributed by atoms with Crippen LogP contribution in [0.15, 0.2) is 24.3 Å². The van der Waals surface area contributed by atoms with E-state index < -0.39 is 12.6 Å². The highest BCUT2D eigenvalue weighted by molar-refractivity contribution is 5.88. The lowest BCUT2D eigenvalue weighted by molar-refractivity contribution is -0.144. The minimum atomic E-state index is -0.554. The van der Waals surface area contributed by atoms with Crippen molar-refractivity contribution >= 4 is 11.9 Å². The molecule has 4 aliphatic rings. The van der Waals surface area contributed by atoms with E-state index in [-0.39, 0.29) is 24.1 Å². The van der Waals surface area contributed by atoms with Gasteiger partial charge in [-0.05, 0) is 131 Å². The number of rotatable bonds is 16. The smallest absolute Gasteiger partial charge is 0.335 e. The predicted molar refractivity (Wildman–Crippen MR) is 182 cm³/mol. The third-order valence-corrected chi connectivity index (χ3v) is 12.7. The van der Waals surface area contributed by atoms with Gasteiger partial charge in [-0.1, -0.05) is 77.9 Å². The molecule has 0 saturated heterocycles. The summed E-state index contributed by atoms with van der Waals surface area (Å²) in [5, 5.41) is 9.14. The normalized spacial score (nSPS) is 32.6. The number of fused-ring (bicyclic) bond motifs is 1. The molecule has 0 heterocycles. The van der Waals surface area contributed by atoms with Gasteiger partial charge in [0.05, 0.1) is 25.4 Å². The Morgan fingerprint density at radius 2 is 1.31 bits per heavy atom. The Balaban J connectivity index is 1.15. The van der Waals surface area contributed by atoms with E-state index in [2.05, 4.69) is 20.1 Å². The van der Waals surface area contributed by atoms with Gasteiger partial charge in [-0.15, -0.1) is 0 Å². The largest absolute Gasteiger partial charge is 0.462 e. The van der Waals surface area contributed by atoms with Crippen molar-refractivity contribution in [2.45, 2.75) is 142 Å². The molecule has 4 aliphatic carbocycles. The third-order valence-electron chi connectivity index (χ3n) is 12.7. The fraction of sp³-hybridized carbons (Fsp3) is 0.850. The van der Waals surface area contributed by atoms with E-state index in [4.69, 9.17) is 14.6 Å². The van der Waals surface area contributed by atoms with Crippen LogP contribution in [0, 0.1) is 53.3 Å². The van der Waals surface area contributed by atoms with Crippen LogP contribution in [-0.2, 0) is 19.1 Å². The molecule has 0 amide bonds. The zero-order valence-electron chi connectivity index (χ0n) is 29.0. The second-order valence-corrected chi connectivity index (χ2v) is 15.9. The van der Waals surface area contributed by atoms with Crippen LogP contribution in [0.1, 0.15) is 142 Å². The number of aliphatic hydroxyl groups is 1. The molecule has 5 heteroatoms. The van der Waals surface area contributed by atoms with Crippen molar-refractivity contribution in [1.82, 2.24) is 0 Å². The fourth-order valence-electron chi connectivity index (χ4n) is 9.89. The van der Waals surface area contributed by atoms with Crippen LogP contribution < -0.4 is 0 Å². The molecule has 5 atom stereocenters. The highest BCUT2D eigenvalue weighted by Crippen LogP contribution is 2.50.